The third-order valence-electron chi connectivity index (χ3n) is 7.25. The van der Waals surface area contributed by atoms with Gasteiger partial charge < -0.3 is 15.4 Å². The van der Waals surface area contributed by atoms with Crippen LogP contribution in [0, 0.1) is 5.92 Å². The molecule has 0 spiro atoms. The number of amides is 1. The molecule has 1 amide bonds. The molecule has 1 aliphatic carbocycles. The lowest BCUT2D eigenvalue weighted by atomic mass is 10.1. The fourth-order valence-corrected chi connectivity index (χ4v) is 5.10. The first-order chi connectivity index (χ1) is 19.3. The molecular weight excluding hydrogens is 521 g/mol. The summed E-state index contributed by atoms with van der Waals surface area (Å²) >= 11 is 0. The standard InChI is InChI=1S/C29H27F3N6O2/c30-29(31,32)23(15-18-8-9-18)28(39)37-14-4-5-20(37)16-38-27-24(26(33)34-17-35-27)25(36-38)19-10-12-22(13-11-19)40-21-6-2-1-3-7-21/h1-3,6-7,10-13,15,17-18,20H,4-5,8-9,14,16H2,(H2,33,34,35)/b23-15-/t20-/m1/s1. The number of anilines is 1. The van der Waals surface area contributed by atoms with Crippen LogP contribution in [-0.2, 0) is 11.3 Å². The summed E-state index contributed by atoms with van der Waals surface area (Å²) in [7, 11) is 0. The zero-order chi connectivity index (χ0) is 27.9. The second-order valence-electron chi connectivity index (χ2n) is 10.1. The highest BCUT2D eigenvalue weighted by molar-refractivity contribution is 5.98. The van der Waals surface area contributed by atoms with Crippen LogP contribution in [0.4, 0.5) is 19.0 Å². The van der Waals surface area contributed by atoms with E-state index in [1.807, 2.05) is 54.6 Å². The van der Waals surface area contributed by atoms with Crippen molar-refractivity contribution in [3.8, 4) is 22.8 Å². The number of nitrogens with zero attached hydrogens (tertiary/aromatic N) is 5. The van der Waals surface area contributed by atoms with Crippen molar-refractivity contribution in [2.45, 2.75) is 44.4 Å². The van der Waals surface area contributed by atoms with Gasteiger partial charge >= 0.3 is 6.18 Å². The number of aromatic nitrogens is 4. The van der Waals surface area contributed by atoms with E-state index in [4.69, 9.17) is 15.6 Å². The number of rotatable bonds is 7. The van der Waals surface area contributed by atoms with Crippen molar-refractivity contribution >= 4 is 22.8 Å². The Morgan fingerprint density at radius 3 is 2.45 bits per heavy atom. The van der Waals surface area contributed by atoms with Gasteiger partial charge in [-0.25, -0.2) is 14.6 Å². The molecule has 2 aromatic carbocycles. The van der Waals surface area contributed by atoms with Crippen molar-refractivity contribution < 1.29 is 22.7 Å². The Bertz CT molecular complexity index is 1560. The highest BCUT2D eigenvalue weighted by Gasteiger charge is 2.44. The van der Waals surface area contributed by atoms with Crippen molar-refractivity contribution in [2.75, 3.05) is 12.3 Å². The number of hydrogen-bond acceptors (Lipinski definition) is 6. The maximum Gasteiger partial charge on any atom is 0.421 e. The molecule has 1 aliphatic heterocycles. The Morgan fingerprint density at radius 2 is 1.75 bits per heavy atom. The van der Waals surface area contributed by atoms with Crippen molar-refractivity contribution in [2.24, 2.45) is 5.92 Å². The van der Waals surface area contributed by atoms with Gasteiger partial charge in [0.05, 0.1) is 18.0 Å². The van der Waals surface area contributed by atoms with Gasteiger partial charge in [-0.05, 0) is 68.0 Å². The summed E-state index contributed by atoms with van der Waals surface area (Å²) in [6.45, 7) is 0.441. The number of halogens is 3. The Kier molecular flexibility index (Phi) is 6.65. The molecule has 3 heterocycles. The SMILES string of the molecule is Nc1ncnc2c1c(-c1ccc(Oc3ccccc3)cc1)nn2C[C@H]1CCCN1C(=O)/C(=C/C1CC1)C(F)(F)F. The minimum atomic E-state index is -4.70. The van der Waals surface area contributed by atoms with E-state index in [2.05, 4.69) is 9.97 Å². The smallest absolute Gasteiger partial charge is 0.421 e. The van der Waals surface area contributed by atoms with E-state index in [1.54, 1.807) is 4.68 Å². The molecule has 2 aromatic heterocycles. The van der Waals surface area contributed by atoms with Crippen LogP contribution in [0.5, 0.6) is 11.5 Å². The van der Waals surface area contributed by atoms with Gasteiger partial charge in [-0.2, -0.15) is 18.3 Å². The number of likely N-dealkylation sites (tertiary alicyclic amines) is 1. The van der Waals surface area contributed by atoms with Crippen molar-refractivity contribution in [1.29, 1.82) is 0 Å². The first-order valence-electron chi connectivity index (χ1n) is 13.2. The molecule has 0 radical (unpaired) electrons. The summed E-state index contributed by atoms with van der Waals surface area (Å²) in [6, 6.07) is 16.3. The molecule has 2 N–H and O–H groups in total. The molecule has 6 rings (SSSR count). The van der Waals surface area contributed by atoms with E-state index < -0.39 is 23.7 Å². The average Bonchev–Trinajstić information content (AvgIpc) is 3.52. The van der Waals surface area contributed by atoms with Crippen LogP contribution in [0.25, 0.3) is 22.3 Å². The van der Waals surface area contributed by atoms with Gasteiger partial charge in [-0.1, -0.05) is 24.3 Å². The van der Waals surface area contributed by atoms with Crippen LogP contribution in [0.15, 0.2) is 72.6 Å². The number of allylic oxidation sites excluding steroid dienone is 1. The minimum absolute atomic E-state index is 0.177. The second-order valence-corrected chi connectivity index (χ2v) is 10.1. The lowest BCUT2D eigenvalue weighted by Crippen LogP contribution is -2.41. The Hall–Kier alpha value is -4.41. The van der Waals surface area contributed by atoms with Gasteiger partial charge in [0.25, 0.3) is 5.91 Å². The van der Waals surface area contributed by atoms with E-state index in [0.717, 1.165) is 11.6 Å². The van der Waals surface area contributed by atoms with Crippen LogP contribution in [0.2, 0.25) is 0 Å². The Morgan fingerprint density at radius 1 is 1.02 bits per heavy atom. The number of ether oxygens (including phenoxy) is 1. The van der Waals surface area contributed by atoms with Crippen LogP contribution in [0.1, 0.15) is 25.7 Å². The van der Waals surface area contributed by atoms with E-state index >= 15 is 0 Å². The lowest BCUT2D eigenvalue weighted by Gasteiger charge is -2.26. The van der Waals surface area contributed by atoms with Gasteiger partial charge in [-0.3, -0.25) is 4.79 Å². The van der Waals surface area contributed by atoms with Crippen LogP contribution in [0.3, 0.4) is 0 Å². The maximum absolute atomic E-state index is 13.8. The molecule has 11 heteroatoms. The topological polar surface area (TPSA) is 99.2 Å². The number of carbonyl (C=O) groups is 1. The molecular formula is C29H27F3N6O2. The van der Waals surface area contributed by atoms with Gasteiger partial charge in [0.1, 0.15) is 34.9 Å². The van der Waals surface area contributed by atoms with Crippen LogP contribution < -0.4 is 10.5 Å². The normalized spacial score (nSPS) is 17.9. The van der Waals surface area contributed by atoms with Gasteiger partial charge in [-0.15, -0.1) is 0 Å². The first kappa shape index (κ1) is 25.8. The number of fused-ring (bicyclic) bond motifs is 1. The summed E-state index contributed by atoms with van der Waals surface area (Å²) < 4.78 is 48.9. The zero-order valence-electron chi connectivity index (χ0n) is 21.5. The second kappa shape index (κ2) is 10.3. The predicted molar refractivity (Wildman–Crippen MR) is 143 cm³/mol. The largest absolute Gasteiger partial charge is 0.457 e. The fraction of sp³-hybridized carbons (Fsp3) is 0.310. The minimum Gasteiger partial charge on any atom is -0.457 e. The number of benzene rings is 2. The summed E-state index contributed by atoms with van der Waals surface area (Å²) in [4.78, 5) is 23.0. The quantitative estimate of drug-likeness (QED) is 0.295. The lowest BCUT2D eigenvalue weighted by molar-refractivity contribution is -0.140. The Labute approximate surface area is 228 Å². The first-order valence-corrected chi connectivity index (χ1v) is 13.2. The molecule has 8 nitrogen and oxygen atoms in total. The van der Waals surface area contributed by atoms with Gasteiger partial charge in [0.2, 0.25) is 0 Å². The molecule has 2 fully saturated rings. The summed E-state index contributed by atoms with van der Waals surface area (Å²) in [5.74, 6) is 0.439. The molecule has 1 atom stereocenters. The van der Waals surface area contributed by atoms with Gasteiger partial charge in [0.15, 0.2) is 5.65 Å². The van der Waals surface area contributed by atoms with Crippen molar-refractivity contribution in [3.05, 3.63) is 72.6 Å². The number of para-hydroxylation sites is 1. The molecule has 4 aromatic rings. The predicted octanol–water partition coefficient (Wildman–Crippen LogP) is 5.76. The number of nitrogens with two attached hydrogens (primary N) is 1. The number of hydrogen-bond donors (Lipinski definition) is 1. The fourth-order valence-electron chi connectivity index (χ4n) is 5.10. The van der Waals surface area contributed by atoms with Gasteiger partial charge in [0, 0.05) is 12.1 Å². The number of carbonyl (C=O) groups excluding carboxylic acids is 1. The molecule has 206 valence electrons. The van der Waals surface area contributed by atoms with E-state index in [1.165, 1.54) is 11.2 Å². The molecule has 1 saturated heterocycles. The molecule has 1 saturated carbocycles. The monoisotopic (exact) mass is 548 g/mol. The van der Waals surface area contributed by atoms with E-state index in [-0.39, 0.29) is 24.8 Å². The molecule has 2 aliphatic rings. The highest BCUT2D eigenvalue weighted by Crippen LogP contribution is 2.38. The van der Waals surface area contributed by atoms with Crippen molar-refractivity contribution in [3.63, 3.8) is 0 Å². The third-order valence-corrected chi connectivity index (χ3v) is 7.25. The van der Waals surface area contributed by atoms with E-state index in [9.17, 15) is 18.0 Å². The summed E-state index contributed by atoms with van der Waals surface area (Å²) in [5, 5.41) is 5.30. The maximum atomic E-state index is 13.8. The van der Waals surface area contributed by atoms with E-state index in [0.29, 0.717) is 53.9 Å². The number of alkyl halides is 3. The van der Waals surface area contributed by atoms with Crippen LogP contribution in [-0.4, -0.2) is 49.3 Å². The van der Waals surface area contributed by atoms with Crippen LogP contribution >= 0.6 is 0 Å². The summed E-state index contributed by atoms with van der Waals surface area (Å²) in [6.07, 6.45) is 0.251. The highest BCUT2D eigenvalue weighted by atomic mass is 19.4. The average molecular weight is 549 g/mol. The molecule has 0 unspecified atom stereocenters. The summed E-state index contributed by atoms with van der Waals surface area (Å²) in [5.41, 5.74) is 6.91. The van der Waals surface area contributed by atoms with Crippen molar-refractivity contribution in [1.82, 2.24) is 24.6 Å². The number of nitrogen functional groups attached to an aromatic ring is 1. The molecule has 0 bridgehead atoms. The Balaban J connectivity index is 1.29. The third kappa shape index (κ3) is 5.23. The zero-order valence-corrected chi connectivity index (χ0v) is 21.5. The molecule has 40 heavy (non-hydrogen) atoms.